The van der Waals surface area contributed by atoms with Gasteiger partial charge in [0.25, 0.3) is 0 Å². The lowest BCUT2D eigenvalue weighted by molar-refractivity contribution is -0.00284. The summed E-state index contributed by atoms with van der Waals surface area (Å²) in [4.78, 5) is 16.5. The smallest absolute Gasteiger partial charge is 0.317 e. The third-order valence-electron chi connectivity index (χ3n) is 5.82. The van der Waals surface area contributed by atoms with Crippen LogP contribution in [0.3, 0.4) is 0 Å². The number of hydrogen-bond acceptors (Lipinski definition) is 4. The van der Waals surface area contributed by atoms with Crippen LogP contribution in [0.25, 0.3) is 0 Å². The standard InChI is InChI=1S/C19H29N3O3/c1-21-10-7-18(8-11-21,16-5-3-2-4-6-16)13-20-17(24)22-12-9-19(25,14-22)15-23/h2-6,23,25H,7-15H2,1H3,(H,20,24)/t19-/m1/s1. The number of piperidine rings is 1. The van der Waals surface area contributed by atoms with Crippen molar-refractivity contribution in [2.75, 3.05) is 46.4 Å². The van der Waals surface area contributed by atoms with Crippen LogP contribution in [-0.2, 0) is 5.41 Å². The van der Waals surface area contributed by atoms with Crippen molar-refractivity contribution < 1.29 is 15.0 Å². The Labute approximate surface area is 149 Å². The Kier molecular flexibility index (Phi) is 5.32. The van der Waals surface area contributed by atoms with Crippen LogP contribution in [0.1, 0.15) is 24.8 Å². The van der Waals surface area contributed by atoms with Crippen molar-refractivity contribution in [3.63, 3.8) is 0 Å². The number of benzene rings is 1. The second-order valence-electron chi connectivity index (χ2n) is 7.66. The number of β-amino-alcohol motifs (C(OH)–C–C–N with tert-alkyl or cyclic N) is 1. The van der Waals surface area contributed by atoms with E-state index in [1.165, 1.54) is 5.56 Å². The van der Waals surface area contributed by atoms with Gasteiger partial charge in [0.1, 0.15) is 5.60 Å². The minimum Gasteiger partial charge on any atom is -0.393 e. The minimum atomic E-state index is -1.15. The summed E-state index contributed by atoms with van der Waals surface area (Å²) in [6, 6.07) is 10.3. The molecule has 138 valence electrons. The second kappa shape index (κ2) is 7.32. The molecule has 2 aliphatic heterocycles. The van der Waals surface area contributed by atoms with E-state index >= 15 is 0 Å². The average molecular weight is 347 g/mol. The highest BCUT2D eigenvalue weighted by Crippen LogP contribution is 2.34. The summed E-state index contributed by atoms with van der Waals surface area (Å²) >= 11 is 0. The number of nitrogens with one attached hydrogen (secondary N) is 1. The monoisotopic (exact) mass is 347 g/mol. The summed E-state index contributed by atoms with van der Waals surface area (Å²) in [6.45, 7) is 2.98. The minimum absolute atomic E-state index is 0.0452. The predicted molar refractivity (Wildman–Crippen MR) is 96.5 cm³/mol. The summed E-state index contributed by atoms with van der Waals surface area (Å²) in [6.07, 6.45) is 2.44. The lowest BCUT2D eigenvalue weighted by atomic mass is 9.72. The SMILES string of the molecule is CN1CCC(CNC(=O)N2CC[C@](O)(CO)C2)(c2ccccc2)CC1. The Morgan fingerprint density at radius 2 is 1.84 bits per heavy atom. The highest BCUT2D eigenvalue weighted by atomic mass is 16.3. The fourth-order valence-electron chi connectivity index (χ4n) is 3.92. The van der Waals surface area contributed by atoms with Crippen LogP contribution in [-0.4, -0.2) is 78.0 Å². The van der Waals surface area contributed by atoms with Gasteiger partial charge in [-0.1, -0.05) is 30.3 Å². The number of likely N-dealkylation sites (tertiary alicyclic amines) is 2. The number of hydrogen-bond donors (Lipinski definition) is 3. The molecule has 3 N–H and O–H groups in total. The number of amides is 2. The Bertz CT molecular complexity index is 587. The molecule has 6 nitrogen and oxygen atoms in total. The molecule has 25 heavy (non-hydrogen) atoms. The van der Waals surface area contributed by atoms with E-state index in [9.17, 15) is 15.0 Å². The van der Waals surface area contributed by atoms with Gasteiger partial charge >= 0.3 is 6.03 Å². The van der Waals surface area contributed by atoms with Gasteiger partial charge in [-0.3, -0.25) is 0 Å². The van der Waals surface area contributed by atoms with Crippen LogP contribution in [0.15, 0.2) is 30.3 Å². The first-order chi connectivity index (χ1) is 12.0. The molecule has 1 aromatic carbocycles. The molecule has 6 heteroatoms. The van der Waals surface area contributed by atoms with Crippen molar-refractivity contribution in [3.8, 4) is 0 Å². The van der Waals surface area contributed by atoms with Gasteiger partial charge < -0.3 is 25.3 Å². The molecule has 3 rings (SSSR count). The van der Waals surface area contributed by atoms with Gasteiger partial charge in [0.15, 0.2) is 0 Å². The van der Waals surface area contributed by atoms with Crippen molar-refractivity contribution in [2.45, 2.75) is 30.3 Å². The molecule has 0 spiro atoms. The van der Waals surface area contributed by atoms with Crippen molar-refractivity contribution in [3.05, 3.63) is 35.9 Å². The van der Waals surface area contributed by atoms with Gasteiger partial charge in [0, 0.05) is 18.5 Å². The number of aliphatic hydroxyl groups is 2. The number of rotatable bonds is 4. The maximum Gasteiger partial charge on any atom is 0.317 e. The highest BCUT2D eigenvalue weighted by Gasteiger charge is 2.39. The predicted octanol–water partition coefficient (Wildman–Crippen LogP) is 0.789. The molecule has 0 radical (unpaired) electrons. The lowest BCUT2D eigenvalue weighted by Gasteiger charge is -2.41. The third kappa shape index (κ3) is 3.97. The quantitative estimate of drug-likeness (QED) is 0.753. The Morgan fingerprint density at radius 1 is 1.16 bits per heavy atom. The number of carbonyl (C=O) groups excluding carboxylic acids is 1. The van der Waals surface area contributed by atoms with Gasteiger partial charge in [0.05, 0.1) is 13.2 Å². The molecular formula is C19H29N3O3. The molecule has 2 fully saturated rings. The molecule has 2 amide bonds. The fourth-order valence-corrected chi connectivity index (χ4v) is 3.92. The number of aliphatic hydroxyl groups excluding tert-OH is 1. The summed E-state index contributed by atoms with van der Waals surface area (Å²) < 4.78 is 0. The fraction of sp³-hybridized carbons (Fsp3) is 0.632. The maximum atomic E-state index is 12.5. The van der Waals surface area contributed by atoms with E-state index in [2.05, 4.69) is 41.5 Å². The topological polar surface area (TPSA) is 76.0 Å². The van der Waals surface area contributed by atoms with Gasteiger partial charge in [-0.25, -0.2) is 4.79 Å². The summed E-state index contributed by atoms with van der Waals surface area (Å²) in [5, 5.41) is 22.5. The van der Waals surface area contributed by atoms with Crippen LogP contribution >= 0.6 is 0 Å². The highest BCUT2D eigenvalue weighted by molar-refractivity contribution is 5.74. The van der Waals surface area contributed by atoms with E-state index in [1.807, 2.05) is 6.07 Å². The van der Waals surface area contributed by atoms with Gasteiger partial charge in [-0.15, -0.1) is 0 Å². The van der Waals surface area contributed by atoms with E-state index in [0.29, 0.717) is 19.5 Å². The zero-order valence-corrected chi connectivity index (χ0v) is 14.9. The summed E-state index contributed by atoms with van der Waals surface area (Å²) in [5.41, 5.74) is 0.0787. The zero-order valence-electron chi connectivity index (χ0n) is 14.9. The van der Waals surface area contributed by atoms with Crippen LogP contribution in [0.4, 0.5) is 4.79 Å². The molecule has 1 aromatic rings. The normalized spacial score (nSPS) is 26.6. The second-order valence-corrected chi connectivity index (χ2v) is 7.66. The van der Waals surface area contributed by atoms with Crippen molar-refractivity contribution in [1.82, 2.24) is 15.1 Å². The average Bonchev–Trinajstić information content (AvgIpc) is 3.05. The Balaban J connectivity index is 1.67. The first-order valence-corrected chi connectivity index (χ1v) is 9.07. The van der Waals surface area contributed by atoms with E-state index in [4.69, 9.17) is 0 Å². The van der Waals surface area contributed by atoms with Crippen molar-refractivity contribution in [2.24, 2.45) is 0 Å². The molecule has 2 saturated heterocycles. The van der Waals surface area contributed by atoms with Gasteiger partial charge in [-0.05, 0) is 45.0 Å². The van der Waals surface area contributed by atoms with E-state index in [-0.39, 0.29) is 24.6 Å². The van der Waals surface area contributed by atoms with E-state index < -0.39 is 5.60 Å². The van der Waals surface area contributed by atoms with Crippen molar-refractivity contribution >= 4 is 6.03 Å². The van der Waals surface area contributed by atoms with Crippen LogP contribution in [0, 0.1) is 0 Å². The molecule has 0 bridgehead atoms. The summed E-state index contributed by atoms with van der Waals surface area (Å²) in [7, 11) is 2.13. The van der Waals surface area contributed by atoms with Crippen LogP contribution in [0.2, 0.25) is 0 Å². The molecular weight excluding hydrogens is 318 g/mol. The third-order valence-corrected chi connectivity index (χ3v) is 5.82. The Hall–Kier alpha value is -1.63. The largest absolute Gasteiger partial charge is 0.393 e. The number of carbonyl (C=O) groups is 1. The molecule has 2 heterocycles. The molecule has 0 unspecified atom stereocenters. The molecule has 0 saturated carbocycles. The van der Waals surface area contributed by atoms with Gasteiger partial charge in [0.2, 0.25) is 0 Å². The zero-order chi connectivity index (χ0) is 17.9. The van der Waals surface area contributed by atoms with Crippen LogP contribution < -0.4 is 5.32 Å². The van der Waals surface area contributed by atoms with E-state index in [1.54, 1.807) is 4.90 Å². The first kappa shape index (κ1) is 18.2. The number of nitrogens with zero attached hydrogens (tertiary/aromatic N) is 2. The Morgan fingerprint density at radius 3 is 2.44 bits per heavy atom. The number of urea groups is 1. The molecule has 2 aliphatic rings. The van der Waals surface area contributed by atoms with Crippen LogP contribution in [0.5, 0.6) is 0 Å². The van der Waals surface area contributed by atoms with E-state index in [0.717, 1.165) is 25.9 Å². The van der Waals surface area contributed by atoms with Gasteiger partial charge in [-0.2, -0.15) is 0 Å². The molecule has 0 aromatic heterocycles. The van der Waals surface area contributed by atoms with Crippen molar-refractivity contribution in [1.29, 1.82) is 0 Å². The maximum absolute atomic E-state index is 12.5. The molecule has 0 aliphatic carbocycles. The first-order valence-electron chi connectivity index (χ1n) is 9.07. The lowest BCUT2D eigenvalue weighted by Crippen LogP contribution is -2.51. The summed E-state index contributed by atoms with van der Waals surface area (Å²) in [5.74, 6) is 0. The molecule has 1 atom stereocenters.